The van der Waals surface area contributed by atoms with E-state index in [1.54, 1.807) is 7.11 Å². The molecule has 3 aromatic rings. The molecule has 2 aromatic carbocycles. The first-order valence-electron chi connectivity index (χ1n) is 11.5. The zero-order valence-electron chi connectivity index (χ0n) is 19.7. The summed E-state index contributed by atoms with van der Waals surface area (Å²) in [6, 6.07) is 14.5. The number of carbonyl (C=O) groups is 3. The lowest BCUT2D eigenvalue weighted by Crippen LogP contribution is -2.41. The molecule has 0 saturated heterocycles. The van der Waals surface area contributed by atoms with E-state index in [1.807, 2.05) is 55.5 Å². The Hall–Kier alpha value is -4.20. The van der Waals surface area contributed by atoms with Gasteiger partial charge in [-0.3, -0.25) is 10.1 Å². The average Bonchev–Trinajstić information content (AvgIpc) is 3.26. The monoisotopic (exact) mass is 473 g/mol. The topological polar surface area (TPSA) is 107 Å². The smallest absolute Gasteiger partial charge is 0.339 e. The van der Waals surface area contributed by atoms with E-state index in [9.17, 15) is 14.4 Å². The molecule has 1 heterocycles. The van der Waals surface area contributed by atoms with Crippen molar-refractivity contribution in [1.29, 1.82) is 0 Å². The number of ether oxygens (including phenoxy) is 2. The highest BCUT2D eigenvalue weighted by Crippen LogP contribution is 2.37. The van der Waals surface area contributed by atoms with Crippen molar-refractivity contribution >= 4 is 40.5 Å². The number of fused-ring (bicyclic) bond motifs is 2. The zero-order valence-corrected chi connectivity index (χ0v) is 19.7. The van der Waals surface area contributed by atoms with Crippen LogP contribution in [0.1, 0.15) is 46.9 Å². The number of nitrogens with zero attached hydrogens (tertiary/aromatic N) is 1. The largest absolute Gasteiger partial charge is 0.497 e. The molecule has 2 N–H and O–H groups in total. The first-order chi connectivity index (χ1) is 17.0. The molecule has 0 bridgehead atoms. The molecule has 0 unspecified atom stereocenters. The maximum absolute atomic E-state index is 13.2. The van der Waals surface area contributed by atoms with Gasteiger partial charge in [0.05, 0.1) is 23.9 Å². The molecule has 1 aliphatic carbocycles. The Bertz CT molecular complexity index is 1300. The molecule has 1 aromatic heterocycles. The number of aromatic nitrogens is 1. The molecule has 8 heteroatoms. The summed E-state index contributed by atoms with van der Waals surface area (Å²) >= 11 is 0. The molecule has 0 radical (unpaired) electrons. The van der Waals surface area contributed by atoms with Gasteiger partial charge in [-0.2, -0.15) is 0 Å². The van der Waals surface area contributed by atoms with Crippen LogP contribution in [-0.4, -0.2) is 43.2 Å². The van der Waals surface area contributed by atoms with Crippen LogP contribution in [0, 0.1) is 0 Å². The van der Waals surface area contributed by atoms with Gasteiger partial charge < -0.3 is 14.8 Å². The SMILES string of the molecule is CCCNC(=O)NC(=O)COC(=O)c1c2c(nc3ccccc13)/C(=C/c1ccc(OC)cc1)CC2. The van der Waals surface area contributed by atoms with E-state index in [4.69, 9.17) is 14.5 Å². The Balaban J connectivity index is 1.60. The van der Waals surface area contributed by atoms with Gasteiger partial charge in [0, 0.05) is 11.9 Å². The average molecular weight is 474 g/mol. The number of nitrogens with one attached hydrogen (secondary N) is 2. The normalized spacial score (nSPS) is 13.4. The zero-order chi connectivity index (χ0) is 24.8. The van der Waals surface area contributed by atoms with Crippen LogP contribution in [-0.2, 0) is 16.0 Å². The minimum atomic E-state index is -0.693. The van der Waals surface area contributed by atoms with Crippen molar-refractivity contribution in [2.75, 3.05) is 20.3 Å². The first-order valence-corrected chi connectivity index (χ1v) is 11.5. The third kappa shape index (κ3) is 5.48. The number of urea groups is 1. The van der Waals surface area contributed by atoms with Gasteiger partial charge in [-0.15, -0.1) is 0 Å². The Kier molecular flexibility index (Phi) is 7.40. The summed E-state index contributed by atoms with van der Waals surface area (Å²) in [5.41, 5.74) is 4.67. The van der Waals surface area contributed by atoms with Crippen LogP contribution in [0.2, 0.25) is 0 Å². The summed E-state index contributed by atoms with van der Waals surface area (Å²) < 4.78 is 10.5. The maximum Gasteiger partial charge on any atom is 0.339 e. The number of para-hydroxylation sites is 1. The van der Waals surface area contributed by atoms with Gasteiger partial charge in [0.15, 0.2) is 6.61 Å². The van der Waals surface area contributed by atoms with Crippen LogP contribution in [0.15, 0.2) is 48.5 Å². The number of benzene rings is 2. The third-order valence-electron chi connectivity index (χ3n) is 5.73. The number of esters is 1. The third-order valence-corrected chi connectivity index (χ3v) is 5.73. The number of allylic oxidation sites excluding steroid dienone is 1. The second-order valence-electron chi connectivity index (χ2n) is 8.15. The number of rotatable bonds is 7. The van der Waals surface area contributed by atoms with Crippen molar-refractivity contribution in [3.05, 3.63) is 70.9 Å². The molecule has 0 spiro atoms. The van der Waals surface area contributed by atoms with Gasteiger partial charge in [-0.05, 0) is 60.2 Å². The minimum Gasteiger partial charge on any atom is -0.497 e. The van der Waals surface area contributed by atoms with E-state index in [0.717, 1.165) is 41.0 Å². The second kappa shape index (κ2) is 10.8. The summed E-state index contributed by atoms with van der Waals surface area (Å²) in [5, 5.41) is 5.37. The molecule has 8 nitrogen and oxygen atoms in total. The van der Waals surface area contributed by atoms with Gasteiger partial charge in [0.25, 0.3) is 5.91 Å². The van der Waals surface area contributed by atoms with E-state index in [-0.39, 0.29) is 0 Å². The van der Waals surface area contributed by atoms with Crippen LogP contribution in [0.25, 0.3) is 22.6 Å². The van der Waals surface area contributed by atoms with Crippen LogP contribution >= 0.6 is 0 Å². The van der Waals surface area contributed by atoms with Gasteiger partial charge in [-0.25, -0.2) is 14.6 Å². The number of pyridine rings is 1. The molecule has 0 atom stereocenters. The van der Waals surface area contributed by atoms with E-state index in [0.29, 0.717) is 29.4 Å². The molecule has 180 valence electrons. The van der Waals surface area contributed by atoms with Gasteiger partial charge >= 0.3 is 12.0 Å². The van der Waals surface area contributed by atoms with Crippen molar-refractivity contribution < 1.29 is 23.9 Å². The second-order valence-corrected chi connectivity index (χ2v) is 8.15. The molecule has 4 rings (SSSR count). The minimum absolute atomic E-state index is 0.409. The lowest BCUT2D eigenvalue weighted by molar-refractivity contribution is -0.123. The van der Waals surface area contributed by atoms with Gasteiger partial charge in [0.2, 0.25) is 0 Å². The van der Waals surface area contributed by atoms with Crippen LogP contribution in [0.5, 0.6) is 5.75 Å². The summed E-state index contributed by atoms with van der Waals surface area (Å²) in [5.74, 6) is -0.531. The quantitative estimate of drug-likeness (QED) is 0.500. The van der Waals surface area contributed by atoms with E-state index >= 15 is 0 Å². The van der Waals surface area contributed by atoms with Crippen molar-refractivity contribution in [3.8, 4) is 5.75 Å². The fourth-order valence-corrected chi connectivity index (χ4v) is 4.06. The molecular weight excluding hydrogens is 446 g/mol. The van der Waals surface area contributed by atoms with Crippen molar-refractivity contribution in [3.63, 3.8) is 0 Å². The lowest BCUT2D eigenvalue weighted by Gasteiger charge is -2.12. The first kappa shape index (κ1) is 23.9. The van der Waals surface area contributed by atoms with Crippen molar-refractivity contribution in [2.45, 2.75) is 26.2 Å². The van der Waals surface area contributed by atoms with Crippen molar-refractivity contribution in [2.24, 2.45) is 0 Å². The van der Waals surface area contributed by atoms with Crippen LogP contribution < -0.4 is 15.4 Å². The highest BCUT2D eigenvalue weighted by atomic mass is 16.5. The van der Waals surface area contributed by atoms with Crippen molar-refractivity contribution in [1.82, 2.24) is 15.6 Å². The number of hydrogen-bond acceptors (Lipinski definition) is 6. The van der Waals surface area contributed by atoms with Gasteiger partial charge in [-0.1, -0.05) is 37.3 Å². The summed E-state index contributed by atoms with van der Waals surface area (Å²) in [7, 11) is 1.63. The van der Waals surface area contributed by atoms with Crippen LogP contribution in [0.4, 0.5) is 4.79 Å². The summed E-state index contributed by atoms with van der Waals surface area (Å²) in [6.45, 7) is 1.79. The van der Waals surface area contributed by atoms with E-state index < -0.39 is 24.5 Å². The molecule has 0 saturated carbocycles. The molecule has 35 heavy (non-hydrogen) atoms. The van der Waals surface area contributed by atoms with Crippen LogP contribution in [0.3, 0.4) is 0 Å². The highest BCUT2D eigenvalue weighted by Gasteiger charge is 2.28. The molecule has 0 fully saturated rings. The number of methoxy groups -OCH3 is 1. The fourth-order valence-electron chi connectivity index (χ4n) is 4.06. The number of carbonyl (C=O) groups excluding carboxylic acids is 3. The number of imide groups is 1. The molecular formula is C27H27N3O5. The Morgan fingerprint density at radius 2 is 1.83 bits per heavy atom. The predicted molar refractivity (Wildman–Crippen MR) is 133 cm³/mol. The highest BCUT2D eigenvalue weighted by molar-refractivity contribution is 6.08. The molecule has 0 aliphatic heterocycles. The molecule has 3 amide bonds. The molecule has 1 aliphatic rings. The number of amides is 3. The fraction of sp³-hybridized carbons (Fsp3) is 0.259. The standard InChI is InChI=1S/C27H27N3O5/c1-3-14-28-27(33)30-23(31)16-35-26(32)24-20-6-4-5-7-22(20)29-25-18(10-13-21(24)25)15-17-8-11-19(34-2)12-9-17/h4-9,11-12,15H,3,10,13-14,16H2,1-2H3,(H2,28,30,31,33)/b18-15+. The maximum atomic E-state index is 13.2. The van der Waals surface area contributed by atoms with E-state index in [1.165, 1.54) is 0 Å². The van der Waals surface area contributed by atoms with E-state index in [2.05, 4.69) is 16.7 Å². The Morgan fingerprint density at radius 3 is 2.57 bits per heavy atom. The summed E-state index contributed by atoms with van der Waals surface area (Å²) in [6.07, 6.45) is 4.16. The Morgan fingerprint density at radius 1 is 1.06 bits per heavy atom. The Labute approximate surface area is 203 Å². The van der Waals surface area contributed by atoms with Gasteiger partial charge in [0.1, 0.15) is 5.75 Å². The number of hydrogen-bond donors (Lipinski definition) is 2. The predicted octanol–water partition coefficient (Wildman–Crippen LogP) is 4.12. The summed E-state index contributed by atoms with van der Waals surface area (Å²) in [4.78, 5) is 41.7. The lowest BCUT2D eigenvalue weighted by atomic mass is 10.0.